The fraction of sp³-hybridized carbons (Fsp3) is 0.889. The van der Waals surface area contributed by atoms with E-state index >= 15 is 0 Å². The molecule has 0 aliphatic carbocycles. The summed E-state index contributed by atoms with van der Waals surface area (Å²) >= 11 is 0. The van der Waals surface area contributed by atoms with Gasteiger partial charge in [-0.15, -0.1) is 0 Å². The van der Waals surface area contributed by atoms with Gasteiger partial charge in [0.05, 0.1) is 0 Å². The molecule has 0 aromatic heterocycles. The van der Waals surface area contributed by atoms with Crippen LogP contribution in [0.25, 0.3) is 0 Å². The number of hydrogen-bond donors (Lipinski definition) is 1. The van der Waals surface area contributed by atoms with E-state index in [4.69, 9.17) is 0 Å². The van der Waals surface area contributed by atoms with Gasteiger partial charge in [0.25, 0.3) is 0 Å². The number of nitrogens with one attached hydrogen (secondary N) is 1. The largest absolute Gasteiger partial charge is 0.335 e. The summed E-state index contributed by atoms with van der Waals surface area (Å²) in [5.74, 6) is 0.485. The summed E-state index contributed by atoms with van der Waals surface area (Å²) in [5, 5.41) is 2.92. The molecule has 0 saturated carbocycles. The van der Waals surface area contributed by atoms with Crippen molar-refractivity contribution in [3.05, 3.63) is 0 Å². The minimum Gasteiger partial charge on any atom is -0.335 e. The molecule has 0 bridgehead atoms. The standard InChI is InChI=1S/C9H20N2O/c1-6-11(5)9(12)10-8(4)7(2)3/h7-8H,6H2,1-5H3,(H,10,12). The van der Waals surface area contributed by atoms with Crippen LogP contribution in [-0.4, -0.2) is 30.6 Å². The third kappa shape index (κ3) is 3.60. The zero-order valence-electron chi connectivity index (χ0n) is 8.72. The molecule has 1 unspecified atom stereocenters. The van der Waals surface area contributed by atoms with Crippen LogP contribution in [0.3, 0.4) is 0 Å². The van der Waals surface area contributed by atoms with Crippen molar-refractivity contribution in [2.24, 2.45) is 5.92 Å². The average Bonchev–Trinajstić information content (AvgIpc) is 2.02. The lowest BCUT2D eigenvalue weighted by Crippen LogP contribution is -2.43. The summed E-state index contributed by atoms with van der Waals surface area (Å²) < 4.78 is 0. The van der Waals surface area contributed by atoms with Crippen molar-refractivity contribution in [2.45, 2.75) is 33.7 Å². The quantitative estimate of drug-likeness (QED) is 0.690. The van der Waals surface area contributed by atoms with E-state index in [1.54, 1.807) is 11.9 Å². The highest BCUT2D eigenvalue weighted by Gasteiger charge is 2.12. The molecule has 3 heteroatoms. The number of rotatable bonds is 3. The Morgan fingerprint density at radius 3 is 2.25 bits per heavy atom. The highest BCUT2D eigenvalue weighted by atomic mass is 16.2. The SMILES string of the molecule is CCN(C)C(=O)NC(C)C(C)C. The number of amides is 2. The molecule has 0 fully saturated rings. The number of urea groups is 1. The summed E-state index contributed by atoms with van der Waals surface area (Å²) in [7, 11) is 1.79. The van der Waals surface area contributed by atoms with Crippen LogP contribution in [0.5, 0.6) is 0 Å². The number of carbonyl (C=O) groups is 1. The van der Waals surface area contributed by atoms with E-state index in [1.807, 2.05) is 13.8 Å². The average molecular weight is 172 g/mol. The number of hydrogen-bond acceptors (Lipinski definition) is 1. The van der Waals surface area contributed by atoms with E-state index < -0.39 is 0 Å². The van der Waals surface area contributed by atoms with Crippen LogP contribution in [0.2, 0.25) is 0 Å². The van der Waals surface area contributed by atoms with Gasteiger partial charge < -0.3 is 10.2 Å². The summed E-state index contributed by atoms with van der Waals surface area (Å²) in [6, 6.07) is 0.255. The molecule has 0 aliphatic rings. The molecule has 0 aliphatic heterocycles. The maximum absolute atomic E-state index is 11.3. The van der Waals surface area contributed by atoms with Crippen molar-refractivity contribution in [3.8, 4) is 0 Å². The van der Waals surface area contributed by atoms with Crippen molar-refractivity contribution >= 4 is 6.03 Å². The zero-order valence-corrected chi connectivity index (χ0v) is 8.72. The Balaban J connectivity index is 3.84. The van der Waals surface area contributed by atoms with Gasteiger partial charge in [-0.3, -0.25) is 0 Å². The van der Waals surface area contributed by atoms with Gasteiger partial charge >= 0.3 is 6.03 Å². The molecular formula is C9H20N2O. The van der Waals surface area contributed by atoms with Crippen molar-refractivity contribution in [2.75, 3.05) is 13.6 Å². The van der Waals surface area contributed by atoms with Gasteiger partial charge in [-0.2, -0.15) is 0 Å². The first-order valence-electron chi connectivity index (χ1n) is 4.50. The summed E-state index contributed by atoms with van der Waals surface area (Å²) in [4.78, 5) is 13.0. The molecule has 1 atom stereocenters. The lowest BCUT2D eigenvalue weighted by Gasteiger charge is -2.22. The first-order chi connectivity index (χ1) is 5.49. The molecular weight excluding hydrogens is 152 g/mol. The Bertz CT molecular complexity index is 145. The van der Waals surface area contributed by atoms with Gasteiger partial charge in [-0.25, -0.2) is 4.79 Å². The van der Waals surface area contributed by atoms with E-state index in [0.717, 1.165) is 6.54 Å². The maximum atomic E-state index is 11.3. The monoisotopic (exact) mass is 172 g/mol. The normalized spacial score (nSPS) is 12.8. The predicted molar refractivity (Wildman–Crippen MR) is 51.1 cm³/mol. The van der Waals surface area contributed by atoms with Crippen LogP contribution in [0.15, 0.2) is 0 Å². The van der Waals surface area contributed by atoms with Gasteiger partial charge in [0.2, 0.25) is 0 Å². The topological polar surface area (TPSA) is 32.3 Å². The second-order valence-electron chi connectivity index (χ2n) is 3.50. The Morgan fingerprint density at radius 2 is 1.92 bits per heavy atom. The molecule has 1 N–H and O–H groups in total. The van der Waals surface area contributed by atoms with Crippen LogP contribution < -0.4 is 5.32 Å². The van der Waals surface area contributed by atoms with Crippen LogP contribution >= 0.6 is 0 Å². The Hall–Kier alpha value is -0.730. The number of nitrogens with zero attached hydrogens (tertiary/aromatic N) is 1. The first kappa shape index (κ1) is 11.3. The van der Waals surface area contributed by atoms with E-state index in [-0.39, 0.29) is 12.1 Å². The Kier molecular flexibility index (Phi) is 4.71. The molecule has 12 heavy (non-hydrogen) atoms. The van der Waals surface area contributed by atoms with Crippen LogP contribution in [0, 0.1) is 5.92 Å². The lowest BCUT2D eigenvalue weighted by atomic mass is 10.1. The Morgan fingerprint density at radius 1 is 1.42 bits per heavy atom. The summed E-state index contributed by atoms with van der Waals surface area (Å²) in [6.07, 6.45) is 0. The van der Waals surface area contributed by atoms with Crippen molar-refractivity contribution < 1.29 is 4.79 Å². The van der Waals surface area contributed by atoms with E-state index in [0.29, 0.717) is 5.92 Å². The molecule has 2 amide bonds. The van der Waals surface area contributed by atoms with Crippen LogP contribution in [-0.2, 0) is 0 Å². The summed E-state index contributed by atoms with van der Waals surface area (Å²) in [6.45, 7) is 8.91. The molecule has 0 rings (SSSR count). The molecule has 0 aromatic rings. The van der Waals surface area contributed by atoms with Gasteiger partial charge in [0.1, 0.15) is 0 Å². The van der Waals surface area contributed by atoms with Crippen molar-refractivity contribution in [1.29, 1.82) is 0 Å². The predicted octanol–water partition coefficient (Wildman–Crippen LogP) is 1.69. The molecule has 0 saturated heterocycles. The van der Waals surface area contributed by atoms with Gasteiger partial charge in [-0.1, -0.05) is 13.8 Å². The molecule has 0 aromatic carbocycles. The molecule has 0 spiro atoms. The minimum atomic E-state index is 0.0127. The van der Waals surface area contributed by atoms with Crippen molar-refractivity contribution in [1.82, 2.24) is 10.2 Å². The van der Waals surface area contributed by atoms with Crippen LogP contribution in [0.1, 0.15) is 27.7 Å². The lowest BCUT2D eigenvalue weighted by molar-refractivity contribution is 0.204. The second-order valence-corrected chi connectivity index (χ2v) is 3.50. The fourth-order valence-electron chi connectivity index (χ4n) is 0.615. The highest BCUT2D eigenvalue weighted by molar-refractivity contribution is 5.74. The summed E-state index contributed by atoms with van der Waals surface area (Å²) in [5.41, 5.74) is 0. The zero-order chi connectivity index (χ0) is 9.72. The van der Waals surface area contributed by atoms with E-state index in [1.165, 1.54) is 0 Å². The van der Waals surface area contributed by atoms with Gasteiger partial charge in [0.15, 0.2) is 0 Å². The van der Waals surface area contributed by atoms with E-state index in [2.05, 4.69) is 19.2 Å². The van der Waals surface area contributed by atoms with Crippen LogP contribution in [0.4, 0.5) is 4.79 Å². The third-order valence-corrected chi connectivity index (χ3v) is 2.17. The second kappa shape index (κ2) is 5.01. The Labute approximate surface area is 75.1 Å². The first-order valence-corrected chi connectivity index (χ1v) is 4.50. The van der Waals surface area contributed by atoms with Crippen molar-refractivity contribution in [3.63, 3.8) is 0 Å². The fourth-order valence-corrected chi connectivity index (χ4v) is 0.615. The van der Waals surface area contributed by atoms with Gasteiger partial charge in [0, 0.05) is 19.6 Å². The number of carbonyl (C=O) groups excluding carboxylic acids is 1. The smallest absolute Gasteiger partial charge is 0.317 e. The molecule has 0 radical (unpaired) electrons. The van der Waals surface area contributed by atoms with Gasteiger partial charge in [-0.05, 0) is 19.8 Å². The highest BCUT2D eigenvalue weighted by Crippen LogP contribution is 2.00. The minimum absolute atomic E-state index is 0.0127. The third-order valence-electron chi connectivity index (χ3n) is 2.17. The molecule has 0 heterocycles. The molecule has 3 nitrogen and oxygen atoms in total. The van der Waals surface area contributed by atoms with E-state index in [9.17, 15) is 4.79 Å². The maximum Gasteiger partial charge on any atom is 0.317 e. The molecule has 72 valence electrons.